The molecule has 0 unspecified atom stereocenters. The number of carbonyl (C=O) groups excluding carboxylic acids is 2. The molecular formula is C10H16N2O3. The van der Waals surface area contributed by atoms with E-state index in [1.807, 2.05) is 25.9 Å². The quantitative estimate of drug-likeness (QED) is 0.235. The summed E-state index contributed by atoms with van der Waals surface area (Å²) in [7, 11) is 4.89. The molecule has 0 saturated heterocycles. The summed E-state index contributed by atoms with van der Waals surface area (Å²) in [6.45, 7) is 1.84. The van der Waals surface area contributed by atoms with E-state index in [4.69, 9.17) is 5.73 Å². The van der Waals surface area contributed by atoms with Gasteiger partial charge in [-0.2, -0.15) is 0 Å². The van der Waals surface area contributed by atoms with E-state index in [0.717, 1.165) is 5.70 Å². The van der Waals surface area contributed by atoms with Gasteiger partial charge in [0.1, 0.15) is 5.57 Å². The largest absolute Gasteiger partial charge is 0.465 e. The molecule has 0 aliphatic rings. The van der Waals surface area contributed by atoms with Gasteiger partial charge in [0.15, 0.2) is 0 Å². The number of hydrogen-bond donors (Lipinski definition) is 1. The second-order valence-corrected chi connectivity index (χ2v) is 3.14. The minimum atomic E-state index is -0.801. The van der Waals surface area contributed by atoms with Crippen molar-refractivity contribution in [2.75, 3.05) is 21.2 Å². The number of methoxy groups -OCH3 is 1. The van der Waals surface area contributed by atoms with Crippen LogP contribution in [0.3, 0.4) is 0 Å². The van der Waals surface area contributed by atoms with Crippen molar-refractivity contribution in [3.05, 3.63) is 23.4 Å². The fourth-order valence-electron chi connectivity index (χ4n) is 0.714. The molecule has 0 atom stereocenters. The van der Waals surface area contributed by atoms with Crippen molar-refractivity contribution >= 4 is 11.9 Å². The van der Waals surface area contributed by atoms with Gasteiger partial charge in [-0.1, -0.05) is 0 Å². The Balaban J connectivity index is 4.95. The monoisotopic (exact) mass is 212 g/mol. The van der Waals surface area contributed by atoms with Crippen molar-refractivity contribution in [3.8, 4) is 0 Å². The number of nitrogens with two attached hydrogens (primary N) is 1. The van der Waals surface area contributed by atoms with Crippen LogP contribution in [0.25, 0.3) is 0 Å². The molecule has 15 heavy (non-hydrogen) atoms. The van der Waals surface area contributed by atoms with Crippen LogP contribution in [0, 0.1) is 0 Å². The van der Waals surface area contributed by atoms with Crippen LogP contribution in [0.15, 0.2) is 23.4 Å². The van der Waals surface area contributed by atoms with Gasteiger partial charge >= 0.3 is 5.97 Å². The van der Waals surface area contributed by atoms with Crippen LogP contribution >= 0.6 is 0 Å². The molecule has 0 bridgehead atoms. The van der Waals surface area contributed by atoms with E-state index < -0.39 is 11.9 Å². The molecule has 0 heterocycles. The van der Waals surface area contributed by atoms with Crippen molar-refractivity contribution in [3.63, 3.8) is 0 Å². The first kappa shape index (κ1) is 13.2. The topological polar surface area (TPSA) is 72.6 Å². The summed E-state index contributed by atoms with van der Waals surface area (Å²) in [5.74, 6) is -1.53. The molecule has 0 aromatic carbocycles. The zero-order valence-corrected chi connectivity index (χ0v) is 9.40. The summed E-state index contributed by atoms with van der Waals surface area (Å²) < 4.78 is 4.42. The van der Waals surface area contributed by atoms with E-state index >= 15 is 0 Å². The Labute approximate surface area is 89.2 Å². The fraction of sp³-hybridized carbons (Fsp3) is 0.400. The van der Waals surface area contributed by atoms with E-state index in [1.165, 1.54) is 13.2 Å². The number of esters is 1. The minimum Gasteiger partial charge on any atom is -0.465 e. The summed E-state index contributed by atoms with van der Waals surface area (Å²) >= 11 is 0. The van der Waals surface area contributed by atoms with E-state index in [9.17, 15) is 9.59 Å². The van der Waals surface area contributed by atoms with Crippen LogP contribution in [0.1, 0.15) is 6.92 Å². The molecule has 84 valence electrons. The number of primary amides is 1. The minimum absolute atomic E-state index is 0.168. The second kappa shape index (κ2) is 5.85. The zero-order chi connectivity index (χ0) is 12.0. The number of allylic oxidation sites excluding steroid dienone is 3. The maximum absolute atomic E-state index is 11.1. The molecule has 5 heteroatoms. The predicted molar refractivity (Wildman–Crippen MR) is 56.7 cm³/mol. The van der Waals surface area contributed by atoms with Crippen molar-refractivity contribution < 1.29 is 14.3 Å². The van der Waals surface area contributed by atoms with Gasteiger partial charge in [-0.25, -0.2) is 4.79 Å². The smallest absolute Gasteiger partial charge is 0.343 e. The molecule has 0 fully saturated rings. The van der Waals surface area contributed by atoms with Crippen LogP contribution < -0.4 is 5.73 Å². The third kappa shape index (κ3) is 4.30. The zero-order valence-electron chi connectivity index (χ0n) is 9.40. The molecule has 0 aliphatic heterocycles. The lowest BCUT2D eigenvalue weighted by Gasteiger charge is -2.11. The maximum Gasteiger partial charge on any atom is 0.343 e. The van der Waals surface area contributed by atoms with Gasteiger partial charge < -0.3 is 15.4 Å². The number of carbonyl (C=O) groups is 2. The van der Waals surface area contributed by atoms with Crippen LogP contribution in [0.2, 0.25) is 0 Å². The summed E-state index contributed by atoms with van der Waals surface area (Å²) in [4.78, 5) is 23.8. The molecule has 0 rings (SSSR count). The van der Waals surface area contributed by atoms with Gasteiger partial charge in [0.05, 0.1) is 7.11 Å². The Kier molecular flexibility index (Phi) is 5.15. The first-order valence-electron chi connectivity index (χ1n) is 4.34. The van der Waals surface area contributed by atoms with Gasteiger partial charge in [-0.3, -0.25) is 4.79 Å². The number of ether oxygens (including phenoxy) is 1. The average molecular weight is 212 g/mol. The fourth-order valence-corrected chi connectivity index (χ4v) is 0.714. The summed E-state index contributed by atoms with van der Waals surface area (Å²) in [5.41, 5.74) is 5.74. The van der Waals surface area contributed by atoms with Crippen molar-refractivity contribution in [2.45, 2.75) is 6.92 Å². The normalized spacial score (nSPS) is 12.3. The van der Waals surface area contributed by atoms with Crippen LogP contribution in [-0.4, -0.2) is 38.0 Å². The molecule has 2 N–H and O–H groups in total. The highest BCUT2D eigenvalue weighted by molar-refractivity contribution is 6.15. The lowest BCUT2D eigenvalue weighted by Crippen LogP contribution is -2.21. The third-order valence-corrected chi connectivity index (χ3v) is 1.87. The van der Waals surface area contributed by atoms with Gasteiger partial charge in [-0.15, -0.1) is 0 Å². The number of amides is 1. The first-order valence-corrected chi connectivity index (χ1v) is 4.34. The van der Waals surface area contributed by atoms with Crippen LogP contribution in [0.5, 0.6) is 0 Å². The Morgan fingerprint density at radius 1 is 1.27 bits per heavy atom. The number of nitrogens with zero attached hydrogens (tertiary/aromatic N) is 1. The molecule has 0 aromatic rings. The Hall–Kier alpha value is -1.78. The summed E-state index contributed by atoms with van der Waals surface area (Å²) in [6.07, 6.45) is 2.97. The maximum atomic E-state index is 11.1. The third-order valence-electron chi connectivity index (χ3n) is 1.87. The van der Waals surface area contributed by atoms with Crippen molar-refractivity contribution in [1.29, 1.82) is 0 Å². The van der Waals surface area contributed by atoms with Gasteiger partial charge in [-0.05, 0) is 19.1 Å². The predicted octanol–water partition coefficient (Wildman–Crippen LogP) is 0.0365. The average Bonchev–Trinajstić information content (AvgIpc) is 2.16. The van der Waals surface area contributed by atoms with E-state index in [1.54, 1.807) is 6.08 Å². The van der Waals surface area contributed by atoms with E-state index in [2.05, 4.69) is 4.74 Å². The first-order chi connectivity index (χ1) is 6.90. The second-order valence-electron chi connectivity index (χ2n) is 3.14. The van der Waals surface area contributed by atoms with E-state index in [0.29, 0.717) is 0 Å². The van der Waals surface area contributed by atoms with Crippen LogP contribution in [0.4, 0.5) is 0 Å². The van der Waals surface area contributed by atoms with Gasteiger partial charge in [0, 0.05) is 19.8 Å². The summed E-state index contributed by atoms with van der Waals surface area (Å²) in [5, 5.41) is 0. The molecule has 0 aromatic heterocycles. The highest BCUT2D eigenvalue weighted by Crippen LogP contribution is 2.01. The Bertz CT molecular complexity index is 317. The highest BCUT2D eigenvalue weighted by atomic mass is 16.5. The van der Waals surface area contributed by atoms with Crippen molar-refractivity contribution in [2.24, 2.45) is 5.73 Å². The van der Waals surface area contributed by atoms with E-state index in [-0.39, 0.29) is 5.57 Å². The highest BCUT2D eigenvalue weighted by Gasteiger charge is 2.14. The Morgan fingerprint density at radius 2 is 1.80 bits per heavy atom. The molecule has 0 aliphatic carbocycles. The molecular weight excluding hydrogens is 196 g/mol. The Morgan fingerprint density at radius 3 is 2.13 bits per heavy atom. The molecule has 5 nitrogen and oxygen atoms in total. The lowest BCUT2D eigenvalue weighted by atomic mass is 10.2. The SMILES string of the molecule is COC(=O)/C(=C/C=C(/C)N(C)C)C(N)=O. The molecule has 0 spiro atoms. The standard InChI is InChI=1S/C10H16N2O3/c1-7(12(2)3)5-6-8(9(11)13)10(14)15-4/h5-6H,1-4H3,(H2,11,13)/b7-5-,8-6+. The van der Waals surface area contributed by atoms with Crippen molar-refractivity contribution in [1.82, 2.24) is 4.90 Å². The number of rotatable bonds is 4. The molecule has 0 saturated carbocycles. The summed E-state index contributed by atoms with van der Waals surface area (Å²) in [6, 6.07) is 0. The molecule has 0 radical (unpaired) electrons. The number of hydrogen-bond acceptors (Lipinski definition) is 4. The lowest BCUT2D eigenvalue weighted by molar-refractivity contribution is -0.137. The van der Waals surface area contributed by atoms with Gasteiger partial charge in [0.2, 0.25) is 0 Å². The molecule has 1 amide bonds. The van der Waals surface area contributed by atoms with Crippen LogP contribution in [-0.2, 0) is 14.3 Å². The van der Waals surface area contributed by atoms with Gasteiger partial charge in [0.25, 0.3) is 5.91 Å².